The molecule has 1 unspecified atom stereocenters. The predicted octanol–water partition coefficient (Wildman–Crippen LogP) is 1.96. The van der Waals surface area contributed by atoms with E-state index < -0.39 is 11.9 Å². The van der Waals surface area contributed by atoms with Gasteiger partial charge in [0.05, 0.1) is 17.6 Å². The highest BCUT2D eigenvalue weighted by molar-refractivity contribution is 6.43. The Balaban J connectivity index is 1.46. The third kappa shape index (κ3) is 3.66. The van der Waals surface area contributed by atoms with Gasteiger partial charge < -0.3 is 10.2 Å². The lowest BCUT2D eigenvalue weighted by atomic mass is 10.2. The number of aliphatic imine (C=N–C) groups is 1. The van der Waals surface area contributed by atoms with Gasteiger partial charge in [-0.3, -0.25) is 15.0 Å². The lowest BCUT2D eigenvalue weighted by Crippen LogP contribution is -2.57. The molecule has 0 saturated carbocycles. The summed E-state index contributed by atoms with van der Waals surface area (Å²) in [6.45, 7) is 3.69. The van der Waals surface area contributed by atoms with Crippen molar-refractivity contribution in [3.63, 3.8) is 0 Å². The van der Waals surface area contributed by atoms with Crippen molar-refractivity contribution in [2.75, 3.05) is 28.3 Å². The van der Waals surface area contributed by atoms with Crippen LogP contribution in [0.25, 0.3) is 0 Å². The van der Waals surface area contributed by atoms with Gasteiger partial charge in [0, 0.05) is 13.1 Å². The molecule has 3 heterocycles. The van der Waals surface area contributed by atoms with Gasteiger partial charge in [-0.1, -0.05) is 18.2 Å². The first-order valence-electron chi connectivity index (χ1n) is 9.37. The number of hydrogen-bond acceptors (Lipinski definition) is 6. The Morgan fingerprint density at radius 1 is 1.14 bits per heavy atom. The van der Waals surface area contributed by atoms with Gasteiger partial charge in [-0.2, -0.15) is 0 Å². The summed E-state index contributed by atoms with van der Waals surface area (Å²) < 4.78 is 0. The molecular formula is C20H22N6O2. The summed E-state index contributed by atoms with van der Waals surface area (Å²) >= 11 is 0. The predicted molar refractivity (Wildman–Crippen MR) is 108 cm³/mol. The number of nitrogens with one attached hydrogen (secondary N) is 2. The Hall–Kier alpha value is -3.42. The molecular weight excluding hydrogens is 356 g/mol. The zero-order valence-corrected chi connectivity index (χ0v) is 15.6. The lowest BCUT2D eigenvalue weighted by Gasteiger charge is -2.30. The van der Waals surface area contributed by atoms with Crippen molar-refractivity contribution >= 4 is 34.8 Å². The number of amides is 2. The number of anilines is 3. The summed E-state index contributed by atoms with van der Waals surface area (Å²) in [5, 5.41) is 4.13. The highest BCUT2D eigenvalue weighted by Crippen LogP contribution is 2.20. The molecule has 0 aliphatic carbocycles. The van der Waals surface area contributed by atoms with Crippen molar-refractivity contribution in [1.29, 1.82) is 0 Å². The van der Waals surface area contributed by atoms with Crippen LogP contribution in [0, 0.1) is 0 Å². The molecule has 2 aromatic rings. The number of rotatable bonds is 4. The van der Waals surface area contributed by atoms with Crippen LogP contribution in [0.4, 0.5) is 17.2 Å². The molecule has 2 aliphatic heterocycles. The fraction of sp³-hybridized carbons (Fsp3) is 0.300. The Morgan fingerprint density at radius 2 is 1.89 bits per heavy atom. The molecule has 1 aromatic heterocycles. The summed E-state index contributed by atoms with van der Waals surface area (Å²) in [6, 6.07) is 12.2. The Labute approximate surface area is 163 Å². The van der Waals surface area contributed by atoms with Crippen molar-refractivity contribution in [2.24, 2.45) is 4.99 Å². The molecule has 8 heteroatoms. The number of amidine groups is 1. The maximum atomic E-state index is 12.7. The van der Waals surface area contributed by atoms with Crippen LogP contribution in [-0.2, 0) is 9.59 Å². The van der Waals surface area contributed by atoms with Crippen molar-refractivity contribution in [3.05, 3.63) is 48.7 Å². The van der Waals surface area contributed by atoms with E-state index in [0.717, 1.165) is 18.9 Å². The van der Waals surface area contributed by atoms with E-state index in [-0.39, 0.29) is 11.7 Å². The molecule has 0 spiro atoms. The van der Waals surface area contributed by atoms with Crippen LogP contribution in [0.3, 0.4) is 0 Å². The number of aromatic nitrogens is 1. The van der Waals surface area contributed by atoms with E-state index in [2.05, 4.69) is 25.6 Å². The second kappa shape index (κ2) is 7.67. The molecule has 8 nitrogen and oxygen atoms in total. The Bertz CT molecular complexity index is 891. The minimum absolute atomic E-state index is 0.0829. The van der Waals surface area contributed by atoms with Gasteiger partial charge in [0.25, 0.3) is 11.8 Å². The molecule has 2 amide bonds. The van der Waals surface area contributed by atoms with Crippen LogP contribution in [0.5, 0.6) is 0 Å². The van der Waals surface area contributed by atoms with E-state index >= 15 is 0 Å². The first kappa shape index (κ1) is 18.0. The summed E-state index contributed by atoms with van der Waals surface area (Å²) in [6.07, 6.45) is 4.00. The molecule has 2 aliphatic rings. The first-order chi connectivity index (χ1) is 13.6. The second-order valence-corrected chi connectivity index (χ2v) is 6.83. The SMILES string of the molecule is CC1N=C(C(=O)Nc2ccc(N3CCCC3)nc2)NN(c2ccccc2)C1=O. The van der Waals surface area contributed by atoms with Crippen molar-refractivity contribution in [3.8, 4) is 0 Å². The van der Waals surface area contributed by atoms with Gasteiger partial charge >= 0.3 is 0 Å². The van der Waals surface area contributed by atoms with Crippen LogP contribution < -0.4 is 20.7 Å². The molecule has 4 rings (SSSR count). The van der Waals surface area contributed by atoms with Crippen molar-refractivity contribution < 1.29 is 9.59 Å². The molecule has 28 heavy (non-hydrogen) atoms. The fourth-order valence-corrected chi connectivity index (χ4v) is 3.29. The molecule has 0 radical (unpaired) electrons. The maximum Gasteiger partial charge on any atom is 0.292 e. The van der Waals surface area contributed by atoms with Crippen molar-refractivity contribution in [2.45, 2.75) is 25.8 Å². The monoisotopic (exact) mass is 378 g/mol. The van der Waals surface area contributed by atoms with Gasteiger partial charge in [-0.15, -0.1) is 0 Å². The average Bonchev–Trinajstić information content (AvgIpc) is 3.26. The zero-order valence-electron chi connectivity index (χ0n) is 15.6. The molecule has 1 saturated heterocycles. The van der Waals surface area contributed by atoms with Crippen LogP contribution in [0.1, 0.15) is 19.8 Å². The van der Waals surface area contributed by atoms with E-state index in [0.29, 0.717) is 11.4 Å². The van der Waals surface area contributed by atoms with Crippen LogP contribution in [-0.4, -0.2) is 41.8 Å². The van der Waals surface area contributed by atoms with Crippen LogP contribution >= 0.6 is 0 Å². The quantitative estimate of drug-likeness (QED) is 0.849. The Morgan fingerprint density at radius 3 is 2.57 bits per heavy atom. The van der Waals surface area contributed by atoms with E-state index in [4.69, 9.17) is 0 Å². The summed E-state index contributed by atoms with van der Waals surface area (Å²) in [7, 11) is 0. The zero-order chi connectivity index (χ0) is 19.5. The Kier molecular flexibility index (Phi) is 4.92. The van der Waals surface area contributed by atoms with Gasteiger partial charge in [0.2, 0.25) is 5.84 Å². The van der Waals surface area contributed by atoms with E-state index in [1.165, 1.54) is 17.9 Å². The average molecular weight is 378 g/mol. The topological polar surface area (TPSA) is 89.9 Å². The first-order valence-corrected chi connectivity index (χ1v) is 9.37. The fourth-order valence-electron chi connectivity index (χ4n) is 3.29. The third-order valence-electron chi connectivity index (χ3n) is 4.78. The smallest absolute Gasteiger partial charge is 0.292 e. The highest BCUT2D eigenvalue weighted by Gasteiger charge is 2.30. The van der Waals surface area contributed by atoms with Crippen molar-refractivity contribution in [1.82, 2.24) is 10.4 Å². The number of carbonyl (C=O) groups is 2. The van der Waals surface area contributed by atoms with Crippen LogP contribution in [0.15, 0.2) is 53.7 Å². The number of benzene rings is 1. The standard InChI is InChI=1S/C20H22N6O2/c1-14-20(28)26(16-7-3-2-4-8-16)24-18(22-14)19(27)23-15-9-10-17(21-13-15)25-11-5-6-12-25/h2-4,7-10,13-14H,5-6,11-12H2,1H3,(H,22,24)(H,23,27). The van der Waals surface area contributed by atoms with Gasteiger partial charge in [0.15, 0.2) is 0 Å². The molecule has 1 fully saturated rings. The largest absolute Gasteiger partial charge is 0.357 e. The number of para-hydroxylation sites is 1. The highest BCUT2D eigenvalue weighted by atomic mass is 16.2. The van der Waals surface area contributed by atoms with Gasteiger partial charge in [-0.05, 0) is 44.0 Å². The molecule has 1 atom stereocenters. The molecule has 1 aromatic carbocycles. The number of nitrogens with zero attached hydrogens (tertiary/aromatic N) is 4. The number of hydrazine groups is 1. The minimum Gasteiger partial charge on any atom is -0.357 e. The lowest BCUT2D eigenvalue weighted by molar-refractivity contribution is -0.120. The summed E-state index contributed by atoms with van der Waals surface area (Å²) in [5.41, 5.74) is 4.05. The molecule has 144 valence electrons. The van der Waals surface area contributed by atoms with Crippen LogP contribution in [0.2, 0.25) is 0 Å². The molecule has 2 N–H and O–H groups in total. The summed E-state index contributed by atoms with van der Waals surface area (Å²) in [4.78, 5) is 35.9. The van der Waals surface area contributed by atoms with E-state index in [1.807, 2.05) is 30.3 Å². The van der Waals surface area contributed by atoms with Gasteiger partial charge in [-0.25, -0.2) is 15.0 Å². The maximum absolute atomic E-state index is 12.7. The minimum atomic E-state index is -0.655. The third-order valence-corrected chi connectivity index (χ3v) is 4.78. The van der Waals surface area contributed by atoms with E-state index in [1.54, 1.807) is 25.3 Å². The normalized spacial score (nSPS) is 19.2. The second-order valence-electron chi connectivity index (χ2n) is 6.83. The molecule has 0 bridgehead atoms. The van der Waals surface area contributed by atoms with Gasteiger partial charge in [0.1, 0.15) is 11.9 Å². The van der Waals surface area contributed by atoms with E-state index in [9.17, 15) is 9.59 Å². The summed E-state index contributed by atoms with van der Waals surface area (Å²) in [5.74, 6) is 0.355. The number of pyridine rings is 1. The number of carbonyl (C=O) groups excluding carboxylic acids is 2. The number of hydrogen-bond donors (Lipinski definition) is 2.